The minimum Gasteiger partial charge on any atom is -0.481 e. The van der Waals surface area contributed by atoms with Crippen LogP contribution in [0.2, 0.25) is 0 Å². The molecule has 1 N–H and O–H groups in total. The summed E-state index contributed by atoms with van der Waals surface area (Å²) in [5, 5.41) is 8.89. The molecule has 1 rings (SSSR count). The van der Waals surface area contributed by atoms with Gasteiger partial charge in [-0.3, -0.25) is 43.6 Å². The molecule has 0 bridgehead atoms. The molecule has 0 saturated carbocycles. The molecule has 0 radical (unpaired) electrons. The Balaban J connectivity index is 3.01. The first-order valence-corrected chi connectivity index (χ1v) is 12.6. The second-order valence-electron chi connectivity index (χ2n) is 10.5. The molecule has 1 fully saturated rings. The van der Waals surface area contributed by atoms with Crippen LogP contribution in [-0.4, -0.2) is 138 Å². The van der Waals surface area contributed by atoms with E-state index in [-0.39, 0.29) is 55.8 Å². The highest BCUT2D eigenvalue weighted by Gasteiger charge is 2.23. The van der Waals surface area contributed by atoms with E-state index in [9.17, 15) is 24.0 Å². The molecule has 1 saturated heterocycles. The molecule has 206 valence electrons. The maximum atomic E-state index is 12.5. The van der Waals surface area contributed by atoms with Crippen molar-refractivity contribution in [3.8, 4) is 0 Å². The van der Waals surface area contributed by atoms with E-state index in [1.807, 2.05) is 40.4 Å². The molecule has 0 aromatic rings. The number of carboxylic acid groups (broad SMARTS) is 1. The van der Waals surface area contributed by atoms with Gasteiger partial charge in [-0.15, -0.1) is 0 Å². The molecule has 1 aliphatic rings. The summed E-state index contributed by atoms with van der Waals surface area (Å²) in [6.07, 6.45) is -0.246. The van der Waals surface area contributed by atoms with Gasteiger partial charge in [0.2, 0.25) is 0 Å². The van der Waals surface area contributed by atoms with E-state index in [2.05, 4.69) is 0 Å². The molecule has 1 heterocycles. The summed E-state index contributed by atoms with van der Waals surface area (Å²) in [6, 6.07) is 0. The van der Waals surface area contributed by atoms with Crippen molar-refractivity contribution in [1.29, 1.82) is 0 Å². The fourth-order valence-corrected chi connectivity index (χ4v) is 3.97. The second-order valence-corrected chi connectivity index (χ2v) is 10.5. The number of hydrogen-bond acceptors (Lipinski definition) is 10. The Hall–Kier alpha value is -2.21. The van der Waals surface area contributed by atoms with Gasteiger partial charge in [0.25, 0.3) is 0 Å². The summed E-state index contributed by atoms with van der Waals surface area (Å²) >= 11 is 0. The first-order valence-electron chi connectivity index (χ1n) is 12.6. The Bertz CT molecular complexity index is 766. The van der Waals surface area contributed by atoms with Gasteiger partial charge in [0.1, 0.15) is 23.0 Å². The zero-order valence-corrected chi connectivity index (χ0v) is 22.6. The molecule has 0 spiro atoms. The standard InChI is InChI=1S/C25H44N4O7/c1-20(30)16-26-8-9-27(17-21(2)31)11-14-29(19-24(35)36-25(3,4)5)15-13-28(12-10-26)18-22(32)6-7-23(33)34/h6-19H2,1-5H3,(H,33,34). The summed E-state index contributed by atoms with van der Waals surface area (Å²) in [7, 11) is 0. The van der Waals surface area contributed by atoms with E-state index in [4.69, 9.17) is 9.84 Å². The third kappa shape index (κ3) is 15.7. The third-order valence-electron chi connectivity index (χ3n) is 5.61. The molecule has 11 nitrogen and oxygen atoms in total. The van der Waals surface area contributed by atoms with E-state index < -0.39 is 11.6 Å². The number of ether oxygens (including phenoxy) is 1. The Morgan fingerprint density at radius 1 is 0.639 bits per heavy atom. The van der Waals surface area contributed by atoms with Gasteiger partial charge in [0.15, 0.2) is 0 Å². The predicted octanol–water partition coefficient (Wildman–Crippen LogP) is 0.162. The summed E-state index contributed by atoms with van der Waals surface area (Å²) in [5.41, 5.74) is -0.604. The van der Waals surface area contributed by atoms with Crippen LogP contribution in [-0.2, 0) is 28.7 Å². The number of Topliss-reactive ketones (excluding diaryl/α,β-unsaturated/α-hetero) is 3. The van der Waals surface area contributed by atoms with Crippen molar-refractivity contribution >= 4 is 29.3 Å². The van der Waals surface area contributed by atoms with Crippen LogP contribution >= 0.6 is 0 Å². The zero-order valence-electron chi connectivity index (χ0n) is 22.6. The SMILES string of the molecule is CC(=O)CN1CCN(CC(C)=O)CCN(CC(=O)OC(C)(C)C)CCN(CC(=O)CCC(=O)O)CC1. The lowest BCUT2D eigenvalue weighted by Crippen LogP contribution is -2.49. The second kappa shape index (κ2) is 15.8. The Morgan fingerprint density at radius 2 is 1.00 bits per heavy atom. The van der Waals surface area contributed by atoms with Gasteiger partial charge in [0.05, 0.1) is 32.6 Å². The van der Waals surface area contributed by atoms with Crippen molar-refractivity contribution in [2.45, 2.75) is 53.1 Å². The van der Waals surface area contributed by atoms with Gasteiger partial charge in [-0.2, -0.15) is 0 Å². The van der Waals surface area contributed by atoms with Gasteiger partial charge in [-0.1, -0.05) is 0 Å². The monoisotopic (exact) mass is 512 g/mol. The van der Waals surface area contributed by atoms with Crippen molar-refractivity contribution in [3.63, 3.8) is 0 Å². The van der Waals surface area contributed by atoms with E-state index in [1.54, 1.807) is 6.92 Å². The molecule has 0 amide bonds. The molecule has 0 aromatic carbocycles. The maximum Gasteiger partial charge on any atom is 0.320 e. The fraction of sp³-hybridized carbons (Fsp3) is 0.800. The lowest BCUT2D eigenvalue weighted by molar-refractivity contribution is -0.156. The Kier molecular flexibility index (Phi) is 14.0. The van der Waals surface area contributed by atoms with Gasteiger partial charge in [-0.05, 0) is 34.6 Å². The van der Waals surface area contributed by atoms with Gasteiger partial charge in [0, 0.05) is 58.8 Å². The summed E-state index contributed by atoms with van der Waals surface area (Å²) in [6.45, 7) is 13.6. The zero-order chi connectivity index (χ0) is 27.3. The summed E-state index contributed by atoms with van der Waals surface area (Å²) in [5.74, 6) is -1.43. The third-order valence-corrected chi connectivity index (χ3v) is 5.61. The Labute approximate surface area is 214 Å². The van der Waals surface area contributed by atoms with Gasteiger partial charge in [-0.25, -0.2) is 0 Å². The van der Waals surface area contributed by atoms with Crippen LogP contribution < -0.4 is 0 Å². The lowest BCUT2D eigenvalue weighted by atomic mass is 10.2. The van der Waals surface area contributed by atoms with E-state index in [1.165, 1.54) is 6.92 Å². The molecule has 36 heavy (non-hydrogen) atoms. The van der Waals surface area contributed by atoms with Gasteiger partial charge >= 0.3 is 11.9 Å². The average molecular weight is 513 g/mol. The van der Waals surface area contributed by atoms with E-state index in [0.29, 0.717) is 58.9 Å². The van der Waals surface area contributed by atoms with Crippen LogP contribution in [0.3, 0.4) is 0 Å². The minimum atomic E-state index is -1.01. The van der Waals surface area contributed by atoms with Crippen molar-refractivity contribution < 1.29 is 33.8 Å². The molecule has 0 atom stereocenters. The van der Waals surface area contributed by atoms with E-state index in [0.717, 1.165) is 0 Å². The Morgan fingerprint density at radius 3 is 1.33 bits per heavy atom. The quantitative estimate of drug-likeness (QED) is 0.380. The topological polar surface area (TPSA) is 128 Å². The highest BCUT2D eigenvalue weighted by Crippen LogP contribution is 2.08. The lowest BCUT2D eigenvalue weighted by Gasteiger charge is -2.33. The number of carboxylic acids is 1. The average Bonchev–Trinajstić information content (AvgIpc) is 2.72. The highest BCUT2D eigenvalue weighted by atomic mass is 16.6. The van der Waals surface area contributed by atoms with Crippen molar-refractivity contribution in [2.24, 2.45) is 0 Å². The van der Waals surface area contributed by atoms with Crippen molar-refractivity contribution in [2.75, 3.05) is 78.5 Å². The number of nitrogens with zero attached hydrogens (tertiary/aromatic N) is 4. The molecular weight excluding hydrogens is 468 g/mol. The normalized spacial score (nSPS) is 18.1. The molecule has 0 aliphatic carbocycles. The number of esters is 1. The smallest absolute Gasteiger partial charge is 0.320 e. The number of aliphatic carboxylic acids is 1. The maximum absolute atomic E-state index is 12.5. The molecule has 11 heteroatoms. The van der Waals surface area contributed by atoms with Crippen LogP contribution in [0.4, 0.5) is 0 Å². The van der Waals surface area contributed by atoms with Crippen LogP contribution in [0.25, 0.3) is 0 Å². The molecule has 1 aliphatic heterocycles. The van der Waals surface area contributed by atoms with Crippen LogP contribution in [0, 0.1) is 0 Å². The number of ketones is 3. The van der Waals surface area contributed by atoms with Crippen molar-refractivity contribution in [3.05, 3.63) is 0 Å². The predicted molar refractivity (Wildman–Crippen MR) is 135 cm³/mol. The molecular formula is C25H44N4O7. The summed E-state index contributed by atoms with van der Waals surface area (Å²) < 4.78 is 5.49. The summed E-state index contributed by atoms with van der Waals surface area (Å²) in [4.78, 5) is 67.4. The molecule has 0 aromatic heterocycles. The number of carbonyl (C=O) groups is 5. The minimum absolute atomic E-state index is 0.0350. The van der Waals surface area contributed by atoms with Crippen molar-refractivity contribution in [1.82, 2.24) is 19.6 Å². The van der Waals surface area contributed by atoms with Crippen LogP contribution in [0.5, 0.6) is 0 Å². The fourth-order valence-electron chi connectivity index (χ4n) is 3.97. The van der Waals surface area contributed by atoms with Crippen LogP contribution in [0.15, 0.2) is 0 Å². The highest BCUT2D eigenvalue weighted by molar-refractivity contribution is 5.84. The number of hydrogen-bond donors (Lipinski definition) is 1. The van der Waals surface area contributed by atoms with E-state index >= 15 is 0 Å². The largest absolute Gasteiger partial charge is 0.481 e. The van der Waals surface area contributed by atoms with Gasteiger partial charge < -0.3 is 9.84 Å². The first kappa shape index (κ1) is 31.8. The first-order chi connectivity index (χ1) is 16.7. The molecule has 0 unspecified atom stereocenters. The number of carbonyl (C=O) groups excluding carboxylic acids is 4. The van der Waals surface area contributed by atoms with Crippen LogP contribution in [0.1, 0.15) is 47.5 Å². The number of rotatable bonds is 11.